The first-order chi connectivity index (χ1) is 7.72. The monoisotopic (exact) mass is 224 g/mol. The first-order valence-corrected chi connectivity index (χ1v) is 6.13. The van der Waals surface area contributed by atoms with Gasteiger partial charge in [-0.3, -0.25) is 9.79 Å². The minimum absolute atomic E-state index is 0.00661. The van der Waals surface area contributed by atoms with E-state index in [1.54, 1.807) is 7.11 Å². The van der Waals surface area contributed by atoms with Gasteiger partial charge in [-0.25, -0.2) is 0 Å². The van der Waals surface area contributed by atoms with Crippen LogP contribution in [0.4, 0.5) is 0 Å². The minimum atomic E-state index is -0.253. The van der Waals surface area contributed by atoms with Crippen LogP contribution in [0.15, 0.2) is 4.99 Å². The molecule has 0 spiro atoms. The van der Waals surface area contributed by atoms with E-state index in [0.29, 0.717) is 5.92 Å². The molecule has 2 aliphatic rings. The van der Waals surface area contributed by atoms with E-state index in [1.807, 2.05) is 6.92 Å². The summed E-state index contributed by atoms with van der Waals surface area (Å²) in [4.78, 5) is 15.8. The summed E-state index contributed by atoms with van der Waals surface area (Å²) in [6, 6.07) is -0.253. The number of hydrogen-bond donors (Lipinski definition) is 1. The van der Waals surface area contributed by atoms with E-state index in [-0.39, 0.29) is 18.1 Å². The maximum atomic E-state index is 11.4. The van der Waals surface area contributed by atoms with E-state index < -0.39 is 0 Å². The van der Waals surface area contributed by atoms with Gasteiger partial charge in [-0.15, -0.1) is 0 Å². The molecular formula is C12H20N2O2. The summed E-state index contributed by atoms with van der Waals surface area (Å²) < 4.78 is 5.52. The molecule has 1 aliphatic heterocycles. The van der Waals surface area contributed by atoms with Crippen molar-refractivity contribution in [3.05, 3.63) is 0 Å². The summed E-state index contributed by atoms with van der Waals surface area (Å²) in [7, 11) is 1.71. The molecule has 1 aliphatic carbocycles. The first-order valence-electron chi connectivity index (χ1n) is 6.13. The third-order valence-corrected chi connectivity index (χ3v) is 3.56. The zero-order valence-electron chi connectivity index (χ0n) is 10.0. The number of rotatable bonds is 3. The van der Waals surface area contributed by atoms with E-state index in [4.69, 9.17) is 4.74 Å². The van der Waals surface area contributed by atoms with Crippen molar-refractivity contribution in [2.75, 3.05) is 7.11 Å². The molecule has 0 radical (unpaired) electrons. The SMILES string of the molecule is COC(C1=NC(C)C(=O)N1)C1CCCCC1. The van der Waals surface area contributed by atoms with Gasteiger partial charge in [0.15, 0.2) is 0 Å². The van der Waals surface area contributed by atoms with E-state index in [9.17, 15) is 4.79 Å². The molecule has 16 heavy (non-hydrogen) atoms. The van der Waals surface area contributed by atoms with Gasteiger partial charge in [0.05, 0.1) is 0 Å². The predicted octanol–water partition coefficient (Wildman–Crippen LogP) is 1.50. The average molecular weight is 224 g/mol. The van der Waals surface area contributed by atoms with Gasteiger partial charge in [-0.1, -0.05) is 19.3 Å². The maximum absolute atomic E-state index is 11.4. The fourth-order valence-electron chi connectivity index (χ4n) is 2.64. The summed E-state index contributed by atoms with van der Waals surface area (Å²) in [6.45, 7) is 1.82. The summed E-state index contributed by atoms with van der Waals surface area (Å²) in [5.41, 5.74) is 0. The van der Waals surface area contributed by atoms with E-state index in [2.05, 4.69) is 10.3 Å². The highest BCUT2D eigenvalue weighted by Gasteiger charge is 2.33. The lowest BCUT2D eigenvalue weighted by molar-refractivity contribution is -0.119. The molecule has 1 heterocycles. The number of amidine groups is 1. The van der Waals surface area contributed by atoms with Crippen LogP contribution in [0.1, 0.15) is 39.0 Å². The second kappa shape index (κ2) is 4.95. The topological polar surface area (TPSA) is 50.7 Å². The van der Waals surface area contributed by atoms with E-state index >= 15 is 0 Å². The van der Waals surface area contributed by atoms with Gasteiger partial charge in [0.1, 0.15) is 18.0 Å². The van der Waals surface area contributed by atoms with Gasteiger partial charge in [0.2, 0.25) is 5.91 Å². The Balaban J connectivity index is 2.04. The third-order valence-electron chi connectivity index (χ3n) is 3.56. The number of carbonyl (C=O) groups excluding carboxylic acids is 1. The Labute approximate surface area is 96.5 Å². The molecule has 1 N–H and O–H groups in total. The Hall–Kier alpha value is -0.900. The zero-order chi connectivity index (χ0) is 11.5. The second-order valence-corrected chi connectivity index (χ2v) is 4.73. The molecule has 0 saturated heterocycles. The maximum Gasteiger partial charge on any atom is 0.249 e. The van der Waals surface area contributed by atoms with E-state index in [0.717, 1.165) is 5.84 Å². The number of methoxy groups -OCH3 is 1. The molecule has 2 unspecified atom stereocenters. The highest BCUT2D eigenvalue weighted by atomic mass is 16.5. The summed E-state index contributed by atoms with van der Waals surface area (Å²) in [5.74, 6) is 1.25. The number of amides is 1. The van der Waals surface area contributed by atoms with Gasteiger partial charge in [0, 0.05) is 7.11 Å². The lowest BCUT2D eigenvalue weighted by Gasteiger charge is -2.28. The molecule has 1 saturated carbocycles. The molecule has 1 amide bonds. The van der Waals surface area contributed by atoms with Crippen LogP contribution >= 0.6 is 0 Å². The van der Waals surface area contributed by atoms with Gasteiger partial charge in [-0.2, -0.15) is 0 Å². The Kier molecular flexibility index (Phi) is 3.59. The van der Waals surface area contributed by atoms with Crippen molar-refractivity contribution in [3.63, 3.8) is 0 Å². The molecule has 2 rings (SSSR count). The van der Waals surface area contributed by atoms with Gasteiger partial charge < -0.3 is 10.1 Å². The van der Waals surface area contributed by atoms with Gasteiger partial charge in [-0.05, 0) is 25.7 Å². The van der Waals surface area contributed by atoms with Crippen molar-refractivity contribution in [1.82, 2.24) is 5.32 Å². The van der Waals surface area contributed by atoms with Crippen molar-refractivity contribution < 1.29 is 9.53 Å². The highest BCUT2D eigenvalue weighted by molar-refractivity contribution is 6.07. The third kappa shape index (κ3) is 2.26. The predicted molar refractivity (Wildman–Crippen MR) is 62.4 cm³/mol. The molecule has 90 valence electrons. The van der Waals surface area contributed by atoms with Crippen LogP contribution in [0.2, 0.25) is 0 Å². The normalized spacial score (nSPS) is 28.8. The quantitative estimate of drug-likeness (QED) is 0.789. The Morgan fingerprint density at radius 3 is 2.56 bits per heavy atom. The minimum Gasteiger partial charge on any atom is -0.373 e. The van der Waals surface area contributed by atoms with Gasteiger partial charge in [0.25, 0.3) is 0 Å². The number of ether oxygens (including phenoxy) is 1. The van der Waals surface area contributed by atoms with Gasteiger partial charge >= 0.3 is 0 Å². The zero-order valence-corrected chi connectivity index (χ0v) is 10.0. The van der Waals surface area contributed by atoms with Crippen molar-refractivity contribution in [3.8, 4) is 0 Å². The molecular weight excluding hydrogens is 204 g/mol. The average Bonchev–Trinajstić information content (AvgIpc) is 2.61. The van der Waals surface area contributed by atoms with Crippen molar-refractivity contribution >= 4 is 11.7 Å². The van der Waals surface area contributed by atoms with Crippen LogP contribution in [0, 0.1) is 5.92 Å². The summed E-state index contributed by atoms with van der Waals surface area (Å²) in [5, 5.41) is 2.84. The molecule has 1 fully saturated rings. The van der Waals surface area contributed by atoms with Crippen LogP contribution in [-0.4, -0.2) is 31.0 Å². The molecule has 0 bridgehead atoms. The summed E-state index contributed by atoms with van der Waals surface area (Å²) >= 11 is 0. The Bertz CT molecular complexity index is 295. The molecule has 4 heteroatoms. The molecule has 0 aromatic carbocycles. The second-order valence-electron chi connectivity index (χ2n) is 4.73. The molecule has 0 aromatic rings. The molecule has 0 aromatic heterocycles. The first kappa shape index (κ1) is 11.6. The number of hydrogen-bond acceptors (Lipinski definition) is 3. The smallest absolute Gasteiger partial charge is 0.249 e. The van der Waals surface area contributed by atoms with Crippen molar-refractivity contribution in [1.29, 1.82) is 0 Å². The lowest BCUT2D eigenvalue weighted by Crippen LogP contribution is -2.41. The van der Waals surface area contributed by atoms with Crippen LogP contribution in [0.3, 0.4) is 0 Å². The number of aliphatic imine (C=N–C) groups is 1. The van der Waals surface area contributed by atoms with Crippen LogP contribution < -0.4 is 5.32 Å². The highest BCUT2D eigenvalue weighted by Crippen LogP contribution is 2.28. The fourth-order valence-corrected chi connectivity index (χ4v) is 2.64. The fraction of sp³-hybridized carbons (Fsp3) is 0.833. The number of nitrogens with zero attached hydrogens (tertiary/aromatic N) is 1. The van der Waals surface area contributed by atoms with Crippen molar-refractivity contribution in [2.45, 2.75) is 51.2 Å². The Morgan fingerprint density at radius 2 is 2.06 bits per heavy atom. The number of nitrogens with one attached hydrogen (secondary N) is 1. The van der Waals surface area contributed by atoms with Crippen LogP contribution in [0.25, 0.3) is 0 Å². The standard InChI is InChI=1S/C12H20N2O2/c1-8-12(15)14-11(13-8)10(16-2)9-6-4-3-5-7-9/h8-10H,3-7H2,1-2H3,(H,13,14,15). The van der Waals surface area contributed by atoms with Crippen LogP contribution in [0.5, 0.6) is 0 Å². The van der Waals surface area contributed by atoms with Crippen molar-refractivity contribution in [2.24, 2.45) is 10.9 Å². The Morgan fingerprint density at radius 1 is 1.38 bits per heavy atom. The molecule has 2 atom stereocenters. The largest absolute Gasteiger partial charge is 0.373 e. The van der Waals surface area contributed by atoms with Crippen LogP contribution in [-0.2, 0) is 9.53 Å². The number of carbonyl (C=O) groups is 1. The lowest BCUT2D eigenvalue weighted by atomic mass is 9.85. The van der Waals surface area contributed by atoms with E-state index in [1.165, 1.54) is 32.1 Å². The summed E-state index contributed by atoms with van der Waals surface area (Å²) in [6.07, 6.45) is 6.20. The molecule has 4 nitrogen and oxygen atoms in total.